The maximum absolute atomic E-state index is 5.73. The summed E-state index contributed by atoms with van der Waals surface area (Å²) in [5.74, 6) is 1.52. The van der Waals surface area contributed by atoms with Crippen molar-refractivity contribution in [2.24, 2.45) is 0 Å². The van der Waals surface area contributed by atoms with E-state index in [0.29, 0.717) is 19.0 Å². The lowest BCUT2D eigenvalue weighted by molar-refractivity contribution is -0.0211. The second-order valence-corrected chi connectivity index (χ2v) is 5.64. The van der Waals surface area contributed by atoms with Gasteiger partial charge in [-0.05, 0) is 50.3 Å². The van der Waals surface area contributed by atoms with E-state index in [9.17, 15) is 0 Å². The van der Waals surface area contributed by atoms with Crippen molar-refractivity contribution in [3.63, 3.8) is 0 Å². The molecule has 1 N–H and O–H groups in total. The highest BCUT2D eigenvalue weighted by Crippen LogP contribution is 2.27. The molecule has 1 heterocycles. The number of rotatable bonds is 7. The van der Waals surface area contributed by atoms with Crippen LogP contribution in [0.5, 0.6) is 0 Å². The third-order valence-corrected chi connectivity index (χ3v) is 3.72. The van der Waals surface area contributed by atoms with Gasteiger partial charge in [0.25, 0.3) is 0 Å². The first-order valence-electron chi connectivity index (χ1n) is 6.39. The smallest absolute Gasteiger partial charge is 0.162 e. The van der Waals surface area contributed by atoms with Gasteiger partial charge in [-0.15, -0.1) is 0 Å². The Balaban J connectivity index is 3.24. The Morgan fingerprint density at radius 3 is 2.47 bits per heavy atom. The van der Waals surface area contributed by atoms with E-state index in [1.807, 2.05) is 27.7 Å². The summed E-state index contributed by atoms with van der Waals surface area (Å²) < 4.78 is 11.9. The van der Waals surface area contributed by atoms with E-state index < -0.39 is 5.60 Å². The van der Waals surface area contributed by atoms with Crippen LogP contribution in [0.25, 0.3) is 0 Å². The van der Waals surface area contributed by atoms with Gasteiger partial charge >= 0.3 is 0 Å². The van der Waals surface area contributed by atoms with Crippen LogP contribution < -0.4 is 5.32 Å². The molecule has 0 amide bonds. The molecule has 1 rings (SSSR count). The quantitative estimate of drug-likeness (QED) is 0.739. The first kappa shape index (κ1) is 16.6. The van der Waals surface area contributed by atoms with Gasteiger partial charge < -0.3 is 14.8 Å². The van der Waals surface area contributed by atoms with Gasteiger partial charge in [-0.1, -0.05) is 0 Å². The Morgan fingerprint density at radius 2 is 1.95 bits per heavy atom. The largest absolute Gasteiger partial charge is 0.378 e. The zero-order valence-electron chi connectivity index (χ0n) is 12.2. The zero-order valence-corrected chi connectivity index (χ0v) is 14.4. The normalized spacial score (nSPS) is 11.7. The summed E-state index contributed by atoms with van der Waals surface area (Å²) in [6.45, 7) is 9.87. The van der Waals surface area contributed by atoms with Gasteiger partial charge in [0.05, 0.1) is 15.9 Å². The number of anilines is 1. The van der Waals surface area contributed by atoms with Crippen LogP contribution in [0, 0.1) is 3.57 Å². The summed E-state index contributed by atoms with van der Waals surface area (Å²) in [6, 6.07) is 0. The molecule has 0 radical (unpaired) electrons. The molecule has 0 aliphatic carbocycles. The summed E-state index contributed by atoms with van der Waals surface area (Å²) in [5, 5.41) is 3.26. The predicted octanol–water partition coefficient (Wildman–Crippen LogP) is 2.93. The minimum absolute atomic E-state index is 0.467. The molecule has 0 fully saturated rings. The van der Waals surface area contributed by atoms with Crippen LogP contribution in [-0.2, 0) is 21.7 Å². The van der Waals surface area contributed by atoms with Crippen molar-refractivity contribution in [3.05, 3.63) is 15.1 Å². The van der Waals surface area contributed by atoms with Crippen LogP contribution in [0.3, 0.4) is 0 Å². The van der Waals surface area contributed by atoms with Crippen molar-refractivity contribution in [3.8, 4) is 0 Å². The number of nitrogens with one attached hydrogen (secondary N) is 1. The molecule has 0 aromatic carbocycles. The van der Waals surface area contributed by atoms with Gasteiger partial charge in [0.15, 0.2) is 5.82 Å². The molecule has 0 aliphatic heterocycles. The highest BCUT2D eigenvalue weighted by Gasteiger charge is 2.26. The van der Waals surface area contributed by atoms with E-state index >= 15 is 0 Å². The minimum Gasteiger partial charge on any atom is -0.378 e. The number of halogens is 1. The molecule has 108 valence electrons. The van der Waals surface area contributed by atoms with Gasteiger partial charge in [-0.3, -0.25) is 0 Å². The van der Waals surface area contributed by atoms with Crippen LogP contribution in [0.1, 0.15) is 39.2 Å². The summed E-state index contributed by atoms with van der Waals surface area (Å²) >= 11 is 2.25. The molecule has 1 aromatic heterocycles. The van der Waals surface area contributed by atoms with E-state index in [0.717, 1.165) is 21.6 Å². The number of nitrogens with zero attached hydrogens (tertiary/aromatic N) is 2. The molecular formula is C13H22IN3O2. The predicted molar refractivity (Wildman–Crippen MR) is 84.3 cm³/mol. The van der Waals surface area contributed by atoms with Crippen molar-refractivity contribution in [2.75, 3.05) is 25.6 Å². The molecular weight excluding hydrogens is 357 g/mol. The van der Waals surface area contributed by atoms with Crippen LogP contribution in [0.4, 0.5) is 5.82 Å². The first-order chi connectivity index (χ1) is 8.96. The molecule has 1 aromatic rings. The van der Waals surface area contributed by atoms with Crippen molar-refractivity contribution in [1.82, 2.24) is 9.97 Å². The first-order valence-corrected chi connectivity index (χ1v) is 7.47. The number of hydrogen-bond acceptors (Lipinski definition) is 5. The third kappa shape index (κ3) is 4.25. The average molecular weight is 379 g/mol. The van der Waals surface area contributed by atoms with E-state index in [2.05, 4.69) is 37.9 Å². The van der Waals surface area contributed by atoms with Crippen LogP contribution >= 0.6 is 22.6 Å². The fourth-order valence-electron chi connectivity index (χ4n) is 1.71. The zero-order chi connectivity index (χ0) is 14.5. The topological polar surface area (TPSA) is 56.3 Å². The Morgan fingerprint density at radius 1 is 1.26 bits per heavy atom. The summed E-state index contributed by atoms with van der Waals surface area (Å²) in [4.78, 5) is 9.17. The van der Waals surface area contributed by atoms with Gasteiger partial charge in [0.2, 0.25) is 0 Å². The molecule has 0 bridgehead atoms. The monoisotopic (exact) mass is 379 g/mol. The Labute approximate surface area is 128 Å². The van der Waals surface area contributed by atoms with E-state index in [1.54, 1.807) is 7.11 Å². The average Bonchev–Trinajstić information content (AvgIpc) is 2.34. The number of methoxy groups -OCH3 is 1. The van der Waals surface area contributed by atoms with Crippen LogP contribution in [0.15, 0.2) is 0 Å². The van der Waals surface area contributed by atoms with Gasteiger partial charge in [-0.2, -0.15) is 0 Å². The Kier molecular flexibility index (Phi) is 6.41. The number of hydrogen-bond donors (Lipinski definition) is 1. The maximum Gasteiger partial charge on any atom is 0.162 e. The van der Waals surface area contributed by atoms with Crippen molar-refractivity contribution < 1.29 is 9.47 Å². The molecule has 0 saturated carbocycles. The standard InChI is InChI=1S/C13H22IN3O2/c1-6-15-11-10(14)9(8-18-5)16-12(17-11)13(3,4)19-7-2/h6-8H2,1-5H3,(H,15,16,17). The van der Waals surface area contributed by atoms with Gasteiger partial charge in [0, 0.05) is 20.3 Å². The van der Waals surface area contributed by atoms with Crippen molar-refractivity contribution >= 4 is 28.4 Å². The van der Waals surface area contributed by atoms with Gasteiger partial charge in [-0.25, -0.2) is 9.97 Å². The van der Waals surface area contributed by atoms with Crippen LogP contribution in [0.2, 0.25) is 0 Å². The minimum atomic E-state index is -0.508. The number of ether oxygens (including phenoxy) is 2. The summed E-state index contributed by atoms with van der Waals surface area (Å²) in [7, 11) is 1.67. The number of aromatic nitrogens is 2. The molecule has 6 heteroatoms. The second kappa shape index (κ2) is 7.35. The van der Waals surface area contributed by atoms with Crippen molar-refractivity contribution in [1.29, 1.82) is 0 Å². The lowest BCUT2D eigenvalue weighted by Crippen LogP contribution is -2.26. The lowest BCUT2D eigenvalue weighted by Gasteiger charge is -2.24. The Bertz CT molecular complexity index is 397. The van der Waals surface area contributed by atoms with E-state index in [4.69, 9.17) is 9.47 Å². The fourth-order valence-corrected chi connectivity index (χ4v) is 2.29. The fraction of sp³-hybridized carbons (Fsp3) is 0.692. The Hall–Kier alpha value is -0.470. The maximum atomic E-state index is 5.73. The molecule has 5 nitrogen and oxygen atoms in total. The van der Waals surface area contributed by atoms with Crippen molar-refractivity contribution in [2.45, 2.75) is 39.9 Å². The molecule has 0 aliphatic rings. The summed E-state index contributed by atoms with van der Waals surface area (Å²) in [5.41, 5.74) is 0.378. The van der Waals surface area contributed by atoms with E-state index in [-0.39, 0.29) is 0 Å². The highest BCUT2D eigenvalue weighted by atomic mass is 127. The molecule has 19 heavy (non-hydrogen) atoms. The van der Waals surface area contributed by atoms with Gasteiger partial charge in [0.1, 0.15) is 11.4 Å². The molecule has 0 unspecified atom stereocenters. The second-order valence-electron chi connectivity index (χ2n) is 4.56. The van der Waals surface area contributed by atoms with Crippen LogP contribution in [-0.4, -0.2) is 30.2 Å². The summed E-state index contributed by atoms with van der Waals surface area (Å²) in [6.07, 6.45) is 0. The molecule has 0 saturated heterocycles. The molecule has 0 atom stereocenters. The third-order valence-electron chi connectivity index (χ3n) is 2.59. The van der Waals surface area contributed by atoms with E-state index in [1.165, 1.54) is 0 Å². The lowest BCUT2D eigenvalue weighted by atomic mass is 10.1. The highest BCUT2D eigenvalue weighted by molar-refractivity contribution is 14.1. The molecule has 0 spiro atoms. The SMILES string of the molecule is CCNc1nc(C(C)(C)OCC)nc(COC)c1I.